The molecule has 1 N–H and O–H groups in total. The molecular weight excluding hydrogens is 314 g/mol. The summed E-state index contributed by atoms with van der Waals surface area (Å²) < 4.78 is 10.7. The molecule has 1 aromatic carbocycles. The van der Waals surface area contributed by atoms with E-state index in [1.165, 1.54) is 0 Å². The van der Waals surface area contributed by atoms with Gasteiger partial charge >= 0.3 is 5.97 Å². The monoisotopic (exact) mass is 325 g/mol. The van der Waals surface area contributed by atoms with Crippen molar-refractivity contribution in [1.29, 1.82) is 0 Å². The molecular formula is C13H12BrNO4. The second kappa shape index (κ2) is 8.16. The van der Waals surface area contributed by atoms with E-state index in [1.807, 2.05) is 6.07 Å². The Morgan fingerprint density at radius 1 is 1.37 bits per heavy atom. The Labute approximate surface area is 119 Å². The van der Waals surface area contributed by atoms with Crippen molar-refractivity contribution in [2.75, 3.05) is 19.8 Å². The van der Waals surface area contributed by atoms with E-state index < -0.39 is 11.9 Å². The number of amides is 1. The topological polar surface area (TPSA) is 64.6 Å². The minimum absolute atomic E-state index is 0.102. The summed E-state index contributed by atoms with van der Waals surface area (Å²) in [5.41, 5.74) is 0. The van der Waals surface area contributed by atoms with Gasteiger partial charge in [-0.15, -0.1) is 6.42 Å². The molecule has 6 heteroatoms. The van der Waals surface area contributed by atoms with Crippen molar-refractivity contribution < 1.29 is 19.1 Å². The summed E-state index contributed by atoms with van der Waals surface area (Å²) in [6.07, 6.45) is 4.96. The van der Waals surface area contributed by atoms with E-state index in [4.69, 9.17) is 15.9 Å². The molecule has 0 fully saturated rings. The zero-order valence-electron chi connectivity index (χ0n) is 10.0. The summed E-state index contributed by atoms with van der Waals surface area (Å²) in [7, 11) is 0. The van der Waals surface area contributed by atoms with Crippen molar-refractivity contribution in [2.24, 2.45) is 0 Å². The number of hydrogen-bond acceptors (Lipinski definition) is 4. The molecule has 1 aromatic rings. The van der Waals surface area contributed by atoms with Crippen LogP contribution >= 0.6 is 15.9 Å². The van der Waals surface area contributed by atoms with Gasteiger partial charge in [0, 0.05) is 4.47 Å². The van der Waals surface area contributed by atoms with E-state index in [0.29, 0.717) is 5.75 Å². The average molecular weight is 326 g/mol. The van der Waals surface area contributed by atoms with Crippen LogP contribution in [0.4, 0.5) is 0 Å². The first-order chi connectivity index (χ1) is 9.11. The standard InChI is InChI=1S/C13H12BrNO4/c1-2-6-15-12(16)8-19-13(17)9-18-11-5-3-4-10(14)7-11/h1,3-5,7H,6,8-9H2,(H,15,16). The lowest BCUT2D eigenvalue weighted by atomic mass is 10.3. The summed E-state index contributed by atoms with van der Waals surface area (Å²) in [5.74, 6) is 1.69. The molecule has 1 rings (SSSR count). The van der Waals surface area contributed by atoms with Crippen LogP contribution in [-0.4, -0.2) is 31.6 Å². The summed E-state index contributed by atoms with van der Waals surface area (Å²) in [4.78, 5) is 22.4. The molecule has 0 radical (unpaired) electrons. The van der Waals surface area contributed by atoms with Crippen molar-refractivity contribution in [3.8, 4) is 18.1 Å². The third-order valence-electron chi connectivity index (χ3n) is 1.90. The summed E-state index contributed by atoms with van der Waals surface area (Å²) in [6, 6.07) is 7.03. The minimum Gasteiger partial charge on any atom is -0.482 e. The molecule has 0 saturated carbocycles. The molecule has 100 valence electrons. The van der Waals surface area contributed by atoms with Crippen LogP contribution in [0, 0.1) is 12.3 Å². The smallest absolute Gasteiger partial charge is 0.344 e. The average Bonchev–Trinajstić information content (AvgIpc) is 2.40. The number of rotatable bonds is 6. The first-order valence-corrected chi connectivity index (χ1v) is 6.15. The highest BCUT2D eigenvalue weighted by atomic mass is 79.9. The molecule has 0 bridgehead atoms. The fourth-order valence-corrected chi connectivity index (χ4v) is 1.47. The molecule has 0 heterocycles. The van der Waals surface area contributed by atoms with Crippen molar-refractivity contribution >= 4 is 27.8 Å². The Bertz CT molecular complexity index is 496. The van der Waals surface area contributed by atoms with Gasteiger partial charge in [-0.05, 0) is 18.2 Å². The number of carbonyl (C=O) groups excluding carboxylic acids is 2. The number of nitrogens with one attached hydrogen (secondary N) is 1. The fraction of sp³-hybridized carbons (Fsp3) is 0.231. The number of ether oxygens (including phenoxy) is 2. The van der Waals surface area contributed by atoms with Gasteiger partial charge < -0.3 is 14.8 Å². The van der Waals surface area contributed by atoms with Gasteiger partial charge in [0.05, 0.1) is 6.54 Å². The van der Waals surface area contributed by atoms with E-state index in [2.05, 4.69) is 27.2 Å². The molecule has 0 aromatic heterocycles. The second-order valence-electron chi connectivity index (χ2n) is 3.39. The van der Waals surface area contributed by atoms with E-state index in [9.17, 15) is 9.59 Å². The molecule has 0 aliphatic carbocycles. The van der Waals surface area contributed by atoms with Crippen molar-refractivity contribution in [3.63, 3.8) is 0 Å². The van der Waals surface area contributed by atoms with E-state index in [0.717, 1.165) is 4.47 Å². The zero-order chi connectivity index (χ0) is 14.1. The van der Waals surface area contributed by atoms with Crippen LogP contribution in [0.1, 0.15) is 0 Å². The number of terminal acetylenes is 1. The van der Waals surface area contributed by atoms with Crippen molar-refractivity contribution in [1.82, 2.24) is 5.32 Å². The Kier molecular flexibility index (Phi) is 6.47. The first-order valence-electron chi connectivity index (χ1n) is 5.36. The molecule has 1 amide bonds. The maximum absolute atomic E-state index is 11.3. The normalized spacial score (nSPS) is 9.26. The number of carbonyl (C=O) groups is 2. The fourth-order valence-electron chi connectivity index (χ4n) is 1.09. The quantitative estimate of drug-likeness (QED) is 0.629. The highest BCUT2D eigenvalue weighted by molar-refractivity contribution is 9.10. The predicted octanol–water partition coefficient (Wildman–Crippen LogP) is 1.12. The highest BCUT2D eigenvalue weighted by Gasteiger charge is 2.07. The summed E-state index contributed by atoms with van der Waals surface area (Å²) >= 11 is 3.28. The van der Waals surface area contributed by atoms with Gasteiger partial charge in [0.15, 0.2) is 13.2 Å². The lowest BCUT2D eigenvalue weighted by molar-refractivity contribution is -0.150. The van der Waals surface area contributed by atoms with Gasteiger partial charge in [0.2, 0.25) is 0 Å². The van der Waals surface area contributed by atoms with Crippen molar-refractivity contribution in [3.05, 3.63) is 28.7 Å². The minimum atomic E-state index is -0.629. The van der Waals surface area contributed by atoms with Crippen LogP contribution in [0.15, 0.2) is 28.7 Å². The van der Waals surface area contributed by atoms with Gasteiger partial charge in [0.25, 0.3) is 5.91 Å². The molecule has 5 nitrogen and oxygen atoms in total. The van der Waals surface area contributed by atoms with Gasteiger partial charge in [0.1, 0.15) is 5.75 Å². The summed E-state index contributed by atoms with van der Waals surface area (Å²) in [5, 5.41) is 2.37. The largest absolute Gasteiger partial charge is 0.482 e. The molecule has 0 spiro atoms. The van der Waals surface area contributed by atoms with Gasteiger partial charge in [-0.25, -0.2) is 4.79 Å². The zero-order valence-corrected chi connectivity index (χ0v) is 11.6. The third-order valence-corrected chi connectivity index (χ3v) is 2.40. The molecule has 0 saturated heterocycles. The molecule has 0 aliphatic rings. The lowest BCUT2D eigenvalue weighted by Gasteiger charge is -2.07. The highest BCUT2D eigenvalue weighted by Crippen LogP contribution is 2.17. The van der Waals surface area contributed by atoms with Crippen LogP contribution in [-0.2, 0) is 14.3 Å². The van der Waals surface area contributed by atoms with Crippen LogP contribution in [0.5, 0.6) is 5.75 Å². The Balaban J connectivity index is 2.25. The Hall–Kier alpha value is -2.00. The maximum Gasteiger partial charge on any atom is 0.344 e. The number of hydrogen-bond donors (Lipinski definition) is 1. The van der Waals surface area contributed by atoms with Gasteiger partial charge in [-0.1, -0.05) is 27.9 Å². The first kappa shape index (κ1) is 15.1. The maximum atomic E-state index is 11.3. The SMILES string of the molecule is C#CCNC(=O)COC(=O)COc1cccc(Br)c1. The van der Waals surface area contributed by atoms with Crippen LogP contribution in [0.2, 0.25) is 0 Å². The van der Waals surface area contributed by atoms with Crippen LogP contribution in [0.3, 0.4) is 0 Å². The number of esters is 1. The Morgan fingerprint density at radius 3 is 2.84 bits per heavy atom. The van der Waals surface area contributed by atoms with Crippen LogP contribution < -0.4 is 10.1 Å². The molecule has 19 heavy (non-hydrogen) atoms. The molecule has 0 unspecified atom stereocenters. The Morgan fingerprint density at radius 2 is 2.16 bits per heavy atom. The number of halogens is 1. The number of benzene rings is 1. The van der Waals surface area contributed by atoms with E-state index in [1.54, 1.807) is 18.2 Å². The lowest BCUT2D eigenvalue weighted by Crippen LogP contribution is -2.30. The van der Waals surface area contributed by atoms with Gasteiger partial charge in [-0.3, -0.25) is 4.79 Å². The van der Waals surface area contributed by atoms with Gasteiger partial charge in [-0.2, -0.15) is 0 Å². The van der Waals surface area contributed by atoms with Crippen LogP contribution in [0.25, 0.3) is 0 Å². The van der Waals surface area contributed by atoms with E-state index in [-0.39, 0.29) is 19.8 Å². The van der Waals surface area contributed by atoms with Crippen molar-refractivity contribution in [2.45, 2.75) is 0 Å². The third kappa shape index (κ3) is 6.48. The second-order valence-corrected chi connectivity index (χ2v) is 4.30. The molecule has 0 aliphatic heterocycles. The van der Waals surface area contributed by atoms with E-state index >= 15 is 0 Å². The molecule has 0 atom stereocenters. The summed E-state index contributed by atoms with van der Waals surface area (Å²) in [6.45, 7) is -0.536. The predicted molar refractivity (Wildman–Crippen MR) is 72.4 cm³/mol.